The van der Waals surface area contributed by atoms with Crippen LogP contribution in [0, 0.1) is 5.82 Å². The van der Waals surface area contributed by atoms with Gasteiger partial charge in [-0.25, -0.2) is 4.39 Å². The number of methoxy groups -OCH3 is 1. The molecule has 1 amide bonds. The Labute approximate surface area is 136 Å². The third-order valence-electron chi connectivity index (χ3n) is 4.26. The number of ether oxygens (including phenoxy) is 2. The van der Waals surface area contributed by atoms with Gasteiger partial charge in [0, 0.05) is 20.2 Å². The molecule has 1 aromatic carbocycles. The van der Waals surface area contributed by atoms with Gasteiger partial charge in [-0.2, -0.15) is 0 Å². The van der Waals surface area contributed by atoms with Gasteiger partial charge in [0.2, 0.25) is 5.91 Å². The third kappa shape index (κ3) is 4.65. The highest BCUT2D eigenvalue weighted by atomic mass is 19.1. The summed E-state index contributed by atoms with van der Waals surface area (Å²) in [5, 5.41) is 10.6. The van der Waals surface area contributed by atoms with E-state index in [2.05, 4.69) is 0 Å². The number of nitrogens with zero attached hydrogens (tertiary/aromatic N) is 1. The van der Waals surface area contributed by atoms with Crippen LogP contribution in [0.25, 0.3) is 0 Å². The molecule has 23 heavy (non-hydrogen) atoms. The molecule has 0 unspecified atom stereocenters. The largest absolute Gasteiger partial charge is 0.488 e. The lowest BCUT2D eigenvalue weighted by Gasteiger charge is -2.39. The number of amides is 1. The first kappa shape index (κ1) is 17.7. The number of likely N-dealkylation sites (N-methyl/N-ethyl adjacent to an activating group) is 1. The summed E-state index contributed by atoms with van der Waals surface area (Å²) in [7, 11) is 3.24. The lowest BCUT2D eigenvalue weighted by molar-refractivity contribution is -0.139. The Balaban J connectivity index is 1.99. The Hall–Kier alpha value is -1.66. The summed E-state index contributed by atoms with van der Waals surface area (Å²) in [6, 6.07) is 5.57. The van der Waals surface area contributed by atoms with Crippen LogP contribution < -0.4 is 4.74 Å². The molecule has 0 aliphatic heterocycles. The van der Waals surface area contributed by atoms with Crippen molar-refractivity contribution in [2.45, 2.75) is 43.9 Å². The summed E-state index contributed by atoms with van der Waals surface area (Å²) in [4.78, 5) is 13.7. The first-order valence-electron chi connectivity index (χ1n) is 7.88. The van der Waals surface area contributed by atoms with Crippen molar-refractivity contribution < 1.29 is 23.8 Å². The highest BCUT2D eigenvalue weighted by molar-refractivity contribution is 5.76. The number of rotatable bonds is 6. The summed E-state index contributed by atoms with van der Waals surface area (Å²) in [6.45, 7) is 0.356. The van der Waals surface area contributed by atoms with Gasteiger partial charge in [0.15, 0.2) is 0 Å². The number of hydrogen-bond donors (Lipinski definition) is 1. The molecule has 0 spiro atoms. The van der Waals surface area contributed by atoms with E-state index in [1.165, 1.54) is 12.1 Å². The van der Waals surface area contributed by atoms with Crippen LogP contribution in [0.1, 0.15) is 25.7 Å². The van der Waals surface area contributed by atoms with E-state index in [1.54, 1.807) is 31.2 Å². The van der Waals surface area contributed by atoms with Crippen molar-refractivity contribution in [3.05, 3.63) is 30.1 Å². The van der Waals surface area contributed by atoms with Crippen LogP contribution in [0.5, 0.6) is 5.75 Å². The SMILES string of the molecule is COCCC(=O)N(C)[C@@H]1CCC[C@H](Oc2cccc(F)c2)[C@H]1O. The Kier molecular flexibility index (Phi) is 6.36. The zero-order valence-corrected chi connectivity index (χ0v) is 13.6. The second-order valence-electron chi connectivity index (χ2n) is 5.85. The van der Waals surface area contributed by atoms with Gasteiger partial charge in [-0.15, -0.1) is 0 Å². The molecule has 2 rings (SSSR count). The highest BCUT2D eigenvalue weighted by Crippen LogP contribution is 2.27. The van der Waals surface area contributed by atoms with E-state index in [1.807, 2.05) is 0 Å². The molecule has 1 aromatic rings. The molecule has 0 heterocycles. The molecule has 1 fully saturated rings. The molecule has 0 saturated heterocycles. The van der Waals surface area contributed by atoms with Crippen LogP contribution in [0.2, 0.25) is 0 Å². The van der Waals surface area contributed by atoms with E-state index >= 15 is 0 Å². The zero-order chi connectivity index (χ0) is 16.8. The number of hydrogen-bond acceptors (Lipinski definition) is 4. The fourth-order valence-electron chi connectivity index (χ4n) is 2.93. The molecule has 0 bridgehead atoms. The summed E-state index contributed by atoms with van der Waals surface area (Å²) < 4.78 is 23.9. The van der Waals surface area contributed by atoms with E-state index in [0.29, 0.717) is 18.8 Å². The van der Waals surface area contributed by atoms with Gasteiger partial charge >= 0.3 is 0 Å². The molecule has 128 valence electrons. The van der Waals surface area contributed by atoms with Crippen molar-refractivity contribution in [3.8, 4) is 5.75 Å². The molecular weight excluding hydrogens is 301 g/mol. The zero-order valence-electron chi connectivity index (χ0n) is 13.6. The molecule has 6 heteroatoms. The fourth-order valence-corrected chi connectivity index (χ4v) is 2.93. The van der Waals surface area contributed by atoms with Gasteiger partial charge in [-0.1, -0.05) is 6.07 Å². The van der Waals surface area contributed by atoms with Crippen molar-refractivity contribution in [3.63, 3.8) is 0 Å². The Morgan fingerprint density at radius 3 is 2.91 bits per heavy atom. The van der Waals surface area contributed by atoms with Gasteiger partial charge in [-0.3, -0.25) is 4.79 Å². The van der Waals surface area contributed by atoms with Gasteiger partial charge in [0.25, 0.3) is 0 Å². The molecule has 3 atom stereocenters. The van der Waals surface area contributed by atoms with Crippen LogP contribution in [0.3, 0.4) is 0 Å². The monoisotopic (exact) mass is 325 g/mol. The Morgan fingerprint density at radius 1 is 1.43 bits per heavy atom. The molecule has 5 nitrogen and oxygen atoms in total. The fraction of sp³-hybridized carbons (Fsp3) is 0.588. The number of halogens is 1. The summed E-state index contributed by atoms with van der Waals surface area (Å²) in [5.74, 6) is -0.0541. The molecule has 1 saturated carbocycles. The predicted molar refractivity (Wildman–Crippen MR) is 83.7 cm³/mol. The maximum atomic E-state index is 13.2. The quantitative estimate of drug-likeness (QED) is 0.869. The van der Waals surface area contributed by atoms with Crippen molar-refractivity contribution >= 4 is 5.91 Å². The second-order valence-corrected chi connectivity index (χ2v) is 5.85. The van der Waals surface area contributed by atoms with E-state index in [0.717, 1.165) is 12.8 Å². The van der Waals surface area contributed by atoms with E-state index in [9.17, 15) is 14.3 Å². The molecule has 1 aliphatic carbocycles. The lowest BCUT2D eigenvalue weighted by Crippen LogP contribution is -2.53. The Morgan fingerprint density at radius 2 is 2.22 bits per heavy atom. The Bertz CT molecular complexity index is 525. The van der Waals surface area contributed by atoms with Gasteiger partial charge < -0.3 is 19.5 Å². The van der Waals surface area contributed by atoms with Crippen LogP contribution in [-0.4, -0.2) is 54.9 Å². The average molecular weight is 325 g/mol. The summed E-state index contributed by atoms with van der Waals surface area (Å²) >= 11 is 0. The van der Waals surface area contributed by atoms with E-state index < -0.39 is 12.2 Å². The minimum absolute atomic E-state index is 0.0673. The number of carbonyl (C=O) groups is 1. The standard InChI is InChI=1S/C17H24FNO4/c1-19(16(20)9-10-22-2)14-7-4-8-15(17(14)21)23-13-6-3-5-12(18)11-13/h3,5-6,11,14-15,17,21H,4,7-10H2,1-2H3/t14-,15+,17+/m1/s1. The highest BCUT2D eigenvalue weighted by Gasteiger charge is 2.37. The van der Waals surface area contributed by atoms with E-state index in [4.69, 9.17) is 9.47 Å². The molecule has 1 N–H and O–H groups in total. The molecule has 1 aliphatic rings. The maximum absolute atomic E-state index is 13.2. The van der Waals surface area contributed by atoms with Crippen molar-refractivity contribution in [1.82, 2.24) is 4.90 Å². The average Bonchev–Trinajstić information content (AvgIpc) is 2.54. The van der Waals surface area contributed by atoms with Crippen molar-refractivity contribution in [2.75, 3.05) is 20.8 Å². The van der Waals surface area contributed by atoms with Gasteiger partial charge in [0.05, 0.1) is 19.1 Å². The topological polar surface area (TPSA) is 59.0 Å². The second kappa shape index (κ2) is 8.26. The molecular formula is C17H24FNO4. The van der Waals surface area contributed by atoms with Gasteiger partial charge in [-0.05, 0) is 31.4 Å². The van der Waals surface area contributed by atoms with Crippen LogP contribution in [0.15, 0.2) is 24.3 Å². The summed E-state index contributed by atoms with van der Waals surface area (Å²) in [5.41, 5.74) is 0. The third-order valence-corrected chi connectivity index (χ3v) is 4.26. The summed E-state index contributed by atoms with van der Waals surface area (Å²) in [6.07, 6.45) is 1.26. The lowest BCUT2D eigenvalue weighted by atomic mass is 9.88. The predicted octanol–water partition coefficient (Wildman–Crippen LogP) is 1.98. The maximum Gasteiger partial charge on any atom is 0.224 e. The van der Waals surface area contributed by atoms with Crippen LogP contribution in [0.4, 0.5) is 4.39 Å². The number of carbonyl (C=O) groups excluding carboxylic acids is 1. The van der Waals surface area contributed by atoms with Crippen molar-refractivity contribution in [2.24, 2.45) is 0 Å². The minimum atomic E-state index is -0.802. The first-order valence-corrected chi connectivity index (χ1v) is 7.88. The van der Waals surface area contributed by atoms with Crippen LogP contribution >= 0.6 is 0 Å². The molecule has 0 aromatic heterocycles. The minimum Gasteiger partial charge on any atom is -0.488 e. The van der Waals surface area contributed by atoms with Crippen LogP contribution in [-0.2, 0) is 9.53 Å². The van der Waals surface area contributed by atoms with E-state index in [-0.39, 0.29) is 24.2 Å². The smallest absolute Gasteiger partial charge is 0.224 e. The van der Waals surface area contributed by atoms with Crippen molar-refractivity contribution in [1.29, 1.82) is 0 Å². The van der Waals surface area contributed by atoms with Gasteiger partial charge in [0.1, 0.15) is 23.8 Å². The molecule has 0 radical (unpaired) electrons. The number of aliphatic hydroxyl groups is 1. The number of benzene rings is 1. The normalized spacial score (nSPS) is 24.3. The first-order chi connectivity index (χ1) is 11.0. The number of aliphatic hydroxyl groups excluding tert-OH is 1.